The molecule has 88 valence electrons. The van der Waals surface area contributed by atoms with E-state index in [9.17, 15) is 0 Å². The Hall–Kier alpha value is -1.46. The highest BCUT2D eigenvalue weighted by molar-refractivity contribution is 9.10. The number of rotatable bonds is 4. The Kier molecular flexibility index (Phi) is 4.06. The van der Waals surface area contributed by atoms with Crippen LogP contribution in [0.1, 0.15) is 11.4 Å². The number of ether oxygens (including phenoxy) is 1. The third-order valence-corrected chi connectivity index (χ3v) is 2.57. The van der Waals surface area contributed by atoms with Gasteiger partial charge in [-0.1, -0.05) is 6.07 Å². The predicted molar refractivity (Wildman–Crippen MR) is 68.4 cm³/mol. The molecule has 4 nitrogen and oxygen atoms in total. The molecule has 0 unspecified atom stereocenters. The standard InChI is InChI=1S/C12H12BrN3O/c13-9-4-12(7-15-6-9)17-8-11-3-1-2-10(5-14)16-11/h1-4,6-7H,5,8,14H2. The summed E-state index contributed by atoms with van der Waals surface area (Å²) < 4.78 is 6.46. The van der Waals surface area contributed by atoms with Gasteiger partial charge in [-0.25, -0.2) is 0 Å². The van der Waals surface area contributed by atoms with E-state index in [1.54, 1.807) is 12.4 Å². The van der Waals surface area contributed by atoms with E-state index in [0.717, 1.165) is 15.9 Å². The number of hydrogen-bond acceptors (Lipinski definition) is 4. The molecule has 0 aromatic carbocycles. The summed E-state index contributed by atoms with van der Waals surface area (Å²) in [6.45, 7) is 0.845. The summed E-state index contributed by atoms with van der Waals surface area (Å²) in [4.78, 5) is 8.36. The van der Waals surface area contributed by atoms with Gasteiger partial charge in [0.25, 0.3) is 0 Å². The van der Waals surface area contributed by atoms with E-state index in [-0.39, 0.29) is 0 Å². The highest BCUT2D eigenvalue weighted by atomic mass is 79.9. The van der Waals surface area contributed by atoms with Crippen LogP contribution in [0.15, 0.2) is 41.1 Å². The van der Waals surface area contributed by atoms with Gasteiger partial charge in [-0.3, -0.25) is 9.97 Å². The second-order valence-corrected chi connectivity index (χ2v) is 4.37. The molecule has 17 heavy (non-hydrogen) atoms. The fourth-order valence-electron chi connectivity index (χ4n) is 1.35. The average Bonchev–Trinajstić information content (AvgIpc) is 2.37. The van der Waals surface area contributed by atoms with Crippen LogP contribution < -0.4 is 10.5 Å². The van der Waals surface area contributed by atoms with Crippen molar-refractivity contribution in [2.45, 2.75) is 13.2 Å². The molecule has 0 aliphatic heterocycles. The summed E-state index contributed by atoms with van der Waals surface area (Å²) in [5.41, 5.74) is 7.24. The van der Waals surface area contributed by atoms with Crippen molar-refractivity contribution in [3.8, 4) is 5.75 Å². The number of hydrogen-bond donors (Lipinski definition) is 1. The molecule has 0 aliphatic rings. The van der Waals surface area contributed by atoms with Gasteiger partial charge in [0, 0.05) is 17.2 Å². The van der Waals surface area contributed by atoms with Crippen molar-refractivity contribution in [1.82, 2.24) is 9.97 Å². The first-order valence-corrected chi connectivity index (χ1v) is 5.95. The zero-order chi connectivity index (χ0) is 12.1. The van der Waals surface area contributed by atoms with Crippen molar-refractivity contribution in [3.63, 3.8) is 0 Å². The van der Waals surface area contributed by atoms with Crippen molar-refractivity contribution in [1.29, 1.82) is 0 Å². The molecular weight excluding hydrogens is 282 g/mol. The van der Waals surface area contributed by atoms with Crippen LogP contribution in [-0.2, 0) is 13.2 Å². The summed E-state index contributed by atoms with van der Waals surface area (Å²) in [7, 11) is 0. The zero-order valence-electron chi connectivity index (χ0n) is 9.14. The van der Waals surface area contributed by atoms with Crippen molar-refractivity contribution < 1.29 is 4.74 Å². The first-order valence-electron chi connectivity index (χ1n) is 5.16. The number of halogens is 1. The minimum atomic E-state index is 0.409. The predicted octanol–water partition coefficient (Wildman–Crippen LogP) is 2.28. The highest BCUT2D eigenvalue weighted by Gasteiger charge is 1.99. The molecule has 2 aromatic rings. The van der Waals surface area contributed by atoms with E-state index in [1.165, 1.54) is 0 Å². The summed E-state index contributed by atoms with van der Waals surface area (Å²) in [5.74, 6) is 0.708. The fraction of sp³-hybridized carbons (Fsp3) is 0.167. The number of aromatic nitrogens is 2. The first-order chi connectivity index (χ1) is 8.28. The average molecular weight is 294 g/mol. The quantitative estimate of drug-likeness (QED) is 0.939. The van der Waals surface area contributed by atoms with E-state index in [0.29, 0.717) is 18.9 Å². The second-order valence-electron chi connectivity index (χ2n) is 3.45. The third kappa shape index (κ3) is 3.51. The van der Waals surface area contributed by atoms with E-state index in [4.69, 9.17) is 10.5 Å². The Morgan fingerprint density at radius 2 is 2.06 bits per heavy atom. The molecule has 0 atom stereocenters. The molecular formula is C12H12BrN3O. The molecule has 0 saturated carbocycles. The lowest BCUT2D eigenvalue weighted by atomic mass is 10.3. The van der Waals surface area contributed by atoms with Crippen LogP contribution in [0.4, 0.5) is 0 Å². The zero-order valence-corrected chi connectivity index (χ0v) is 10.7. The van der Waals surface area contributed by atoms with Gasteiger partial charge >= 0.3 is 0 Å². The Labute approximate surface area is 108 Å². The lowest BCUT2D eigenvalue weighted by molar-refractivity contribution is 0.299. The van der Waals surface area contributed by atoms with Crippen LogP contribution >= 0.6 is 15.9 Å². The molecule has 0 radical (unpaired) electrons. The molecule has 2 aromatic heterocycles. The molecule has 5 heteroatoms. The van der Waals surface area contributed by atoms with Crippen molar-refractivity contribution >= 4 is 15.9 Å². The molecule has 0 bridgehead atoms. The Morgan fingerprint density at radius 1 is 1.24 bits per heavy atom. The van der Waals surface area contributed by atoms with Gasteiger partial charge in [0.05, 0.1) is 17.6 Å². The van der Waals surface area contributed by atoms with Crippen molar-refractivity contribution in [3.05, 3.63) is 52.5 Å². The van der Waals surface area contributed by atoms with Crippen LogP contribution in [0.25, 0.3) is 0 Å². The SMILES string of the molecule is NCc1cccc(COc2cncc(Br)c2)n1. The Bertz CT molecular complexity index is 505. The second kappa shape index (κ2) is 5.75. The smallest absolute Gasteiger partial charge is 0.139 e. The fourth-order valence-corrected chi connectivity index (χ4v) is 1.70. The molecule has 2 rings (SSSR count). The minimum Gasteiger partial charge on any atom is -0.486 e. The van der Waals surface area contributed by atoms with Crippen LogP contribution in [0.5, 0.6) is 5.75 Å². The topological polar surface area (TPSA) is 61.0 Å². The Morgan fingerprint density at radius 3 is 2.82 bits per heavy atom. The number of pyridine rings is 2. The Balaban J connectivity index is 2.02. The van der Waals surface area contributed by atoms with Gasteiger partial charge in [0.15, 0.2) is 0 Å². The number of nitrogens with two attached hydrogens (primary N) is 1. The minimum absolute atomic E-state index is 0.409. The van der Waals surface area contributed by atoms with Crippen LogP contribution in [0.2, 0.25) is 0 Å². The van der Waals surface area contributed by atoms with Gasteiger partial charge in [0.1, 0.15) is 12.4 Å². The van der Waals surface area contributed by atoms with Gasteiger partial charge in [-0.05, 0) is 34.1 Å². The van der Waals surface area contributed by atoms with Crippen LogP contribution in [0, 0.1) is 0 Å². The maximum Gasteiger partial charge on any atom is 0.139 e. The lowest BCUT2D eigenvalue weighted by Crippen LogP contribution is -2.04. The largest absolute Gasteiger partial charge is 0.486 e. The maximum absolute atomic E-state index is 5.58. The van der Waals surface area contributed by atoms with E-state index >= 15 is 0 Å². The maximum atomic E-state index is 5.58. The molecule has 0 amide bonds. The first kappa shape index (κ1) is 12.0. The summed E-state index contributed by atoms with van der Waals surface area (Å²) in [6.07, 6.45) is 3.37. The summed E-state index contributed by atoms with van der Waals surface area (Å²) in [6, 6.07) is 7.58. The van der Waals surface area contributed by atoms with Crippen molar-refractivity contribution in [2.75, 3.05) is 0 Å². The molecule has 2 N–H and O–H groups in total. The van der Waals surface area contributed by atoms with Crippen LogP contribution in [0.3, 0.4) is 0 Å². The summed E-state index contributed by atoms with van der Waals surface area (Å²) >= 11 is 3.34. The van der Waals surface area contributed by atoms with E-state index in [2.05, 4.69) is 25.9 Å². The molecule has 2 heterocycles. The lowest BCUT2D eigenvalue weighted by Gasteiger charge is -2.06. The summed E-state index contributed by atoms with van der Waals surface area (Å²) in [5, 5.41) is 0. The van der Waals surface area contributed by atoms with Crippen LogP contribution in [-0.4, -0.2) is 9.97 Å². The van der Waals surface area contributed by atoms with Gasteiger partial charge in [-0.2, -0.15) is 0 Å². The highest BCUT2D eigenvalue weighted by Crippen LogP contribution is 2.16. The molecule has 0 saturated heterocycles. The van der Waals surface area contributed by atoms with Crippen molar-refractivity contribution in [2.24, 2.45) is 5.73 Å². The normalized spacial score (nSPS) is 10.2. The van der Waals surface area contributed by atoms with Gasteiger partial charge < -0.3 is 10.5 Å². The molecule has 0 fully saturated rings. The van der Waals surface area contributed by atoms with E-state index < -0.39 is 0 Å². The molecule has 0 aliphatic carbocycles. The van der Waals surface area contributed by atoms with Gasteiger partial charge in [-0.15, -0.1) is 0 Å². The molecule has 0 spiro atoms. The monoisotopic (exact) mass is 293 g/mol. The van der Waals surface area contributed by atoms with Gasteiger partial charge in [0.2, 0.25) is 0 Å². The third-order valence-electron chi connectivity index (χ3n) is 2.14. The number of nitrogens with zero attached hydrogens (tertiary/aromatic N) is 2. The van der Waals surface area contributed by atoms with E-state index in [1.807, 2.05) is 24.3 Å².